The van der Waals surface area contributed by atoms with Gasteiger partial charge >= 0.3 is 5.97 Å². The Bertz CT molecular complexity index is 440. The number of carboxylic acid groups (broad SMARTS) is 1. The molecule has 1 fully saturated rings. The topological polar surface area (TPSA) is 79.3 Å². The van der Waals surface area contributed by atoms with E-state index in [1.807, 2.05) is 0 Å². The number of aliphatic carboxylic acids is 1. The maximum atomic E-state index is 11.8. The highest BCUT2D eigenvalue weighted by Gasteiger charge is 2.30. The highest BCUT2D eigenvalue weighted by Crippen LogP contribution is 2.33. The van der Waals surface area contributed by atoms with Gasteiger partial charge in [-0.25, -0.2) is 9.78 Å². The third-order valence-corrected chi connectivity index (χ3v) is 3.63. The molecule has 0 aromatic carbocycles. The molecule has 6 heteroatoms. The van der Waals surface area contributed by atoms with Crippen LogP contribution in [0.2, 0.25) is 0 Å². The molecule has 1 atom stereocenters. The van der Waals surface area contributed by atoms with Crippen LogP contribution in [0.15, 0.2) is 6.20 Å². The van der Waals surface area contributed by atoms with Gasteiger partial charge in [-0.15, -0.1) is 11.3 Å². The molecule has 17 heavy (non-hydrogen) atoms. The summed E-state index contributed by atoms with van der Waals surface area (Å²) in [6.07, 6.45) is 4.14. The monoisotopic (exact) mass is 254 g/mol. The van der Waals surface area contributed by atoms with Crippen molar-refractivity contribution in [3.05, 3.63) is 16.1 Å². The van der Waals surface area contributed by atoms with Gasteiger partial charge in [0.1, 0.15) is 10.9 Å². The Morgan fingerprint density at radius 2 is 2.35 bits per heavy atom. The second-order valence-corrected chi connectivity index (χ2v) is 5.52. The summed E-state index contributed by atoms with van der Waals surface area (Å²) in [6, 6.07) is -0.780. The fraction of sp³-hybridized carbons (Fsp3) is 0.545. The quantitative estimate of drug-likeness (QED) is 0.833. The van der Waals surface area contributed by atoms with Crippen LogP contribution in [0.1, 0.15) is 33.9 Å². The van der Waals surface area contributed by atoms with Crippen molar-refractivity contribution >= 4 is 23.2 Å². The summed E-state index contributed by atoms with van der Waals surface area (Å²) in [6.45, 7) is 1.81. The molecule has 2 rings (SSSR count). The van der Waals surface area contributed by atoms with Gasteiger partial charge in [0.25, 0.3) is 5.91 Å². The van der Waals surface area contributed by atoms with Gasteiger partial charge in [0.2, 0.25) is 0 Å². The zero-order valence-corrected chi connectivity index (χ0v) is 10.3. The van der Waals surface area contributed by atoms with Crippen molar-refractivity contribution in [1.82, 2.24) is 10.3 Å². The molecule has 92 valence electrons. The first-order valence-electron chi connectivity index (χ1n) is 5.52. The number of nitrogens with one attached hydrogen (secondary N) is 1. The molecule has 0 radical (unpaired) electrons. The summed E-state index contributed by atoms with van der Waals surface area (Å²) in [5, 5.41) is 12.4. The number of aryl methyl sites for hydroxylation is 1. The molecule has 2 N–H and O–H groups in total. The SMILES string of the molecule is Cc1ncc(C(=O)NC(CC2CC2)C(=O)O)s1. The number of aromatic nitrogens is 1. The van der Waals surface area contributed by atoms with Crippen LogP contribution >= 0.6 is 11.3 Å². The summed E-state index contributed by atoms with van der Waals surface area (Å²) in [5.74, 6) is -0.852. The minimum Gasteiger partial charge on any atom is -0.480 e. The van der Waals surface area contributed by atoms with E-state index in [0.717, 1.165) is 17.8 Å². The number of hydrogen-bond donors (Lipinski definition) is 2. The molecule has 1 amide bonds. The van der Waals surface area contributed by atoms with Gasteiger partial charge in [-0.2, -0.15) is 0 Å². The summed E-state index contributed by atoms with van der Waals surface area (Å²) in [5.41, 5.74) is 0. The van der Waals surface area contributed by atoms with Crippen LogP contribution in [0, 0.1) is 12.8 Å². The zero-order chi connectivity index (χ0) is 12.4. The average Bonchev–Trinajstić information content (AvgIpc) is 2.97. The van der Waals surface area contributed by atoms with Gasteiger partial charge in [0, 0.05) is 0 Å². The van der Waals surface area contributed by atoms with Gasteiger partial charge < -0.3 is 10.4 Å². The van der Waals surface area contributed by atoms with Gasteiger partial charge in [-0.1, -0.05) is 12.8 Å². The second kappa shape index (κ2) is 4.83. The van der Waals surface area contributed by atoms with E-state index in [0.29, 0.717) is 17.2 Å². The maximum absolute atomic E-state index is 11.8. The second-order valence-electron chi connectivity index (χ2n) is 4.29. The van der Waals surface area contributed by atoms with Crippen molar-refractivity contribution in [1.29, 1.82) is 0 Å². The first kappa shape index (κ1) is 12.0. The molecule has 1 aromatic heterocycles. The summed E-state index contributed by atoms with van der Waals surface area (Å²) in [4.78, 5) is 27.2. The van der Waals surface area contributed by atoms with E-state index in [1.54, 1.807) is 6.92 Å². The number of nitrogens with zero attached hydrogens (tertiary/aromatic N) is 1. The number of amides is 1. The summed E-state index contributed by atoms with van der Waals surface area (Å²) >= 11 is 1.27. The van der Waals surface area contributed by atoms with Gasteiger partial charge in [-0.3, -0.25) is 4.79 Å². The molecule has 1 aromatic rings. The Kier molecular flexibility index (Phi) is 3.42. The molecule has 0 aliphatic heterocycles. The number of rotatable bonds is 5. The van der Waals surface area contributed by atoms with Crippen molar-refractivity contribution in [3.63, 3.8) is 0 Å². The Morgan fingerprint density at radius 1 is 1.65 bits per heavy atom. The summed E-state index contributed by atoms with van der Waals surface area (Å²) < 4.78 is 0. The zero-order valence-electron chi connectivity index (χ0n) is 9.47. The van der Waals surface area contributed by atoms with Crippen LogP contribution in [-0.2, 0) is 4.79 Å². The van der Waals surface area contributed by atoms with E-state index >= 15 is 0 Å². The van der Waals surface area contributed by atoms with Crippen molar-refractivity contribution in [2.75, 3.05) is 0 Å². The van der Waals surface area contributed by atoms with Crippen molar-refractivity contribution in [2.24, 2.45) is 5.92 Å². The number of carboxylic acids is 1. The van der Waals surface area contributed by atoms with Crippen LogP contribution in [0.25, 0.3) is 0 Å². The highest BCUT2D eigenvalue weighted by molar-refractivity contribution is 7.13. The minimum atomic E-state index is -0.966. The molecular formula is C11H14N2O3S. The Morgan fingerprint density at radius 3 is 2.82 bits per heavy atom. The van der Waals surface area contributed by atoms with E-state index in [2.05, 4.69) is 10.3 Å². The largest absolute Gasteiger partial charge is 0.480 e. The molecule has 0 saturated heterocycles. The van der Waals surface area contributed by atoms with Crippen molar-refractivity contribution < 1.29 is 14.7 Å². The molecule has 1 aliphatic rings. The highest BCUT2D eigenvalue weighted by atomic mass is 32.1. The molecule has 1 aliphatic carbocycles. The lowest BCUT2D eigenvalue weighted by molar-refractivity contribution is -0.139. The van der Waals surface area contributed by atoms with E-state index < -0.39 is 12.0 Å². The normalized spacial score (nSPS) is 16.5. The van der Waals surface area contributed by atoms with E-state index in [1.165, 1.54) is 17.5 Å². The molecule has 0 bridgehead atoms. The van der Waals surface area contributed by atoms with E-state index in [9.17, 15) is 9.59 Å². The predicted octanol–water partition coefficient (Wildman–Crippen LogP) is 1.43. The van der Waals surface area contributed by atoms with E-state index in [-0.39, 0.29) is 5.91 Å². The van der Waals surface area contributed by atoms with Gasteiger partial charge in [0.05, 0.1) is 11.2 Å². The number of thiazole rings is 1. The molecule has 1 unspecified atom stereocenters. The Hall–Kier alpha value is -1.43. The van der Waals surface area contributed by atoms with Crippen LogP contribution in [0.3, 0.4) is 0 Å². The Labute approximate surface area is 103 Å². The lowest BCUT2D eigenvalue weighted by Gasteiger charge is -2.12. The smallest absolute Gasteiger partial charge is 0.326 e. The molecule has 5 nitrogen and oxygen atoms in total. The van der Waals surface area contributed by atoms with Gasteiger partial charge in [-0.05, 0) is 19.3 Å². The molecule has 1 heterocycles. The number of carbonyl (C=O) groups is 2. The first-order chi connectivity index (χ1) is 8.06. The number of hydrogen-bond acceptors (Lipinski definition) is 4. The average molecular weight is 254 g/mol. The lowest BCUT2D eigenvalue weighted by Crippen LogP contribution is -2.40. The minimum absolute atomic E-state index is 0.344. The van der Waals surface area contributed by atoms with Crippen molar-refractivity contribution in [2.45, 2.75) is 32.2 Å². The van der Waals surface area contributed by atoms with Crippen LogP contribution in [-0.4, -0.2) is 28.0 Å². The lowest BCUT2D eigenvalue weighted by atomic mass is 10.1. The standard InChI is InChI=1S/C11H14N2O3S/c1-6-12-5-9(17-6)10(14)13-8(11(15)16)4-7-2-3-7/h5,7-8H,2-4H2,1H3,(H,13,14)(H,15,16). The van der Waals surface area contributed by atoms with Crippen LogP contribution in [0.5, 0.6) is 0 Å². The maximum Gasteiger partial charge on any atom is 0.326 e. The van der Waals surface area contributed by atoms with E-state index in [4.69, 9.17) is 5.11 Å². The third-order valence-electron chi connectivity index (χ3n) is 2.71. The van der Waals surface area contributed by atoms with Crippen molar-refractivity contribution in [3.8, 4) is 0 Å². The molecular weight excluding hydrogens is 240 g/mol. The molecule has 0 spiro atoms. The summed E-state index contributed by atoms with van der Waals surface area (Å²) in [7, 11) is 0. The Balaban J connectivity index is 1.96. The fourth-order valence-corrected chi connectivity index (χ4v) is 2.28. The van der Waals surface area contributed by atoms with Gasteiger partial charge in [0.15, 0.2) is 0 Å². The fourth-order valence-electron chi connectivity index (χ4n) is 1.60. The third kappa shape index (κ3) is 3.26. The molecule has 1 saturated carbocycles. The first-order valence-corrected chi connectivity index (χ1v) is 6.34. The predicted molar refractivity (Wildman–Crippen MR) is 63.1 cm³/mol. The van der Waals surface area contributed by atoms with Crippen LogP contribution < -0.4 is 5.32 Å². The van der Waals surface area contributed by atoms with Crippen LogP contribution in [0.4, 0.5) is 0 Å². The number of carbonyl (C=O) groups excluding carboxylic acids is 1.